The average molecular weight is 195 g/mol. The summed E-state index contributed by atoms with van der Waals surface area (Å²) in [6.45, 7) is 3.44. The van der Waals surface area contributed by atoms with Crippen LogP contribution in [-0.4, -0.2) is 17.2 Å². The Kier molecular flexibility index (Phi) is 1.57. The smallest absolute Gasteiger partial charge is 0.253 e. The van der Waals surface area contributed by atoms with E-state index in [-0.39, 0.29) is 11.7 Å². The highest BCUT2D eigenvalue weighted by Crippen LogP contribution is 2.26. The maximum absolute atomic E-state index is 11.7. The predicted molar refractivity (Wildman–Crippen MR) is 50.2 cm³/mol. The number of hydrogen-bond acceptors (Lipinski definition) is 3. The number of amides is 1. The maximum atomic E-state index is 11.7. The molecule has 1 aromatic rings. The molecule has 0 unspecified atom stereocenters. The molecule has 2 heterocycles. The number of fused-ring (bicyclic) bond motifs is 1. The molecule has 0 radical (unpaired) electrons. The highest BCUT2D eigenvalue weighted by Gasteiger charge is 2.38. The van der Waals surface area contributed by atoms with Crippen LogP contribution < -0.4 is 5.32 Å². The fourth-order valence-corrected chi connectivity index (χ4v) is 2.35. The summed E-state index contributed by atoms with van der Waals surface area (Å²) in [4.78, 5) is 23.8. The minimum atomic E-state index is -0.755. The van der Waals surface area contributed by atoms with Gasteiger partial charge < -0.3 is 5.32 Å². The first kappa shape index (κ1) is 8.44. The summed E-state index contributed by atoms with van der Waals surface area (Å²) in [7, 11) is 0. The van der Waals surface area contributed by atoms with E-state index in [0.29, 0.717) is 10.4 Å². The summed E-state index contributed by atoms with van der Waals surface area (Å²) in [6, 6.07) is 1.68. The summed E-state index contributed by atoms with van der Waals surface area (Å²) < 4.78 is 0. The zero-order chi connectivity index (χ0) is 9.64. The molecule has 13 heavy (non-hydrogen) atoms. The molecule has 68 valence electrons. The number of carbonyl (C=O) groups is 2. The number of nitrogens with one attached hydrogen (secondary N) is 1. The van der Waals surface area contributed by atoms with Crippen LogP contribution >= 0.6 is 11.3 Å². The maximum Gasteiger partial charge on any atom is 0.253 e. The standard InChI is InChI=1S/C9H9NO2S/c1-9(2)7(11)6-5(3-4-13-6)8(12)10-9/h3-4H,1-2H3,(H,10,12). The first-order valence-corrected chi connectivity index (χ1v) is 4.85. The molecule has 1 aromatic heterocycles. The topological polar surface area (TPSA) is 46.2 Å². The van der Waals surface area contributed by atoms with E-state index in [1.54, 1.807) is 25.3 Å². The van der Waals surface area contributed by atoms with Crippen LogP contribution in [0.15, 0.2) is 11.4 Å². The van der Waals surface area contributed by atoms with Crippen LogP contribution in [0.3, 0.4) is 0 Å². The highest BCUT2D eigenvalue weighted by atomic mass is 32.1. The molecular weight excluding hydrogens is 186 g/mol. The van der Waals surface area contributed by atoms with Gasteiger partial charge >= 0.3 is 0 Å². The van der Waals surface area contributed by atoms with Gasteiger partial charge in [0.1, 0.15) is 0 Å². The van der Waals surface area contributed by atoms with E-state index in [2.05, 4.69) is 5.32 Å². The molecule has 0 saturated carbocycles. The van der Waals surface area contributed by atoms with Crippen LogP contribution in [0.4, 0.5) is 0 Å². The zero-order valence-electron chi connectivity index (χ0n) is 7.38. The Morgan fingerprint density at radius 1 is 1.38 bits per heavy atom. The Morgan fingerprint density at radius 2 is 2.08 bits per heavy atom. The summed E-state index contributed by atoms with van der Waals surface area (Å²) in [6.07, 6.45) is 0. The Morgan fingerprint density at radius 3 is 2.77 bits per heavy atom. The second kappa shape index (κ2) is 2.42. The molecule has 1 amide bonds. The fraction of sp³-hybridized carbons (Fsp3) is 0.333. The molecule has 0 spiro atoms. The number of thiophene rings is 1. The van der Waals surface area contributed by atoms with Gasteiger partial charge in [-0.05, 0) is 25.3 Å². The number of rotatable bonds is 0. The lowest BCUT2D eigenvalue weighted by atomic mass is 9.92. The molecule has 0 aliphatic carbocycles. The quantitative estimate of drug-likeness (QED) is 0.681. The third kappa shape index (κ3) is 1.09. The van der Waals surface area contributed by atoms with Gasteiger partial charge in [-0.2, -0.15) is 0 Å². The summed E-state index contributed by atoms with van der Waals surface area (Å²) in [5.74, 6) is -0.155. The Labute approximate surface area is 79.8 Å². The third-order valence-electron chi connectivity index (χ3n) is 2.11. The van der Waals surface area contributed by atoms with E-state index in [1.165, 1.54) is 11.3 Å². The number of Topliss-reactive ketones (excluding diaryl/α,β-unsaturated/α-hetero) is 1. The van der Waals surface area contributed by atoms with Gasteiger partial charge in [-0.25, -0.2) is 0 Å². The summed E-state index contributed by atoms with van der Waals surface area (Å²) in [5.41, 5.74) is -0.246. The molecule has 1 aliphatic rings. The van der Waals surface area contributed by atoms with Crippen LogP contribution in [0.5, 0.6) is 0 Å². The minimum absolute atomic E-state index is 0.00269. The SMILES string of the molecule is CC1(C)NC(=O)c2ccsc2C1=O. The van der Waals surface area contributed by atoms with E-state index >= 15 is 0 Å². The molecule has 2 rings (SSSR count). The largest absolute Gasteiger partial charge is 0.340 e. The minimum Gasteiger partial charge on any atom is -0.340 e. The molecule has 0 aromatic carbocycles. The van der Waals surface area contributed by atoms with Crippen molar-refractivity contribution in [3.05, 3.63) is 21.9 Å². The van der Waals surface area contributed by atoms with E-state index in [1.807, 2.05) is 0 Å². The monoisotopic (exact) mass is 195 g/mol. The Balaban J connectivity index is 2.60. The van der Waals surface area contributed by atoms with Crippen LogP contribution in [0.1, 0.15) is 33.9 Å². The first-order chi connectivity index (χ1) is 6.02. The van der Waals surface area contributed by atoms with Gasteiger partial charge in [-0.15, -0.1) is 11.3 Å². The summed E-state index contributed by atoms with van der Waals surface area (Å²) >= 11 is 1.33. The van der Waals surface area contributed by atoms with Gasteiger partial charge in [0.25, 0.3) is 5.91 Å². The van der Waals surface area contributed by atoms with Gasteiger partial charge in [0.2, 0.25) is 0 Å². The van der Waals surface area contributed by atoms with E-state index in [4.69, 9.17) is 0 Å². The Hall–Kier alpha value is -1.16. The second-order valence-electron chi connectivity index (χ2n) is 3.57. The summed E-state index contributed by atoms with van der Waals surface area (Å²) in [5, 5.41) is 4.43. The van der Waals surface area contributed by atoms with E-state index in [9.17, 15) is 9.59 Å². The van der Waals surface area contributed by atoms with Crippen molar-refractivity contribution in [3.63, 3.8) is 0 Å². The number of carbonyl (C=O) groups excluding carboxylic acids is 2. The van der Waals surface area contributed by atoms with Gasteiger partial charge in [0, 0.05) is 0 Å². The van der Waals surface area contributed by atoms with Crippen molar-refractivity contribution in [2.75, 3.05) is 0 Å². The van der Waals surface area contributed by atoms with E-state index < -0.39 is 5.54 Å². The molecule has 0 bridgehead atoms. The van der Waals surface area contributed by atoms with Crippen LogP contribution in [0, 0.1) is 0 Å². The van der Waals surface area contributed by atoms with Gasteiger partial charge in [-0.1, -0.05) is 0 Å². The van der Waals surface area contributed by atoms with Crippen molar-refractivity contribution >= 4 is 23.0 Å². The van der Waals surface area contributed by atoms with Crippen molar-refractivity contribution in [1.29, 1.82) is 0 Å². The van der Waals surface area contributed by atoms with Crippen LogP contribution in [0.25, 0.3) is 0 Å². The first-order valence-electron chi connectivity index (χ1n) is 3.97. The molecule has 0 fully saturated rings. The van der Waals surface area contributed by atoms with Crippen molar-refractivity contribution in [1.82, 2.24) is 5.32 Å². The zero-order valence-corrected chi connectivity index (χ0v) is 8.20. The Bertz CT molecular complexity index is 392. The van der Waals surface area contributed by atoms with Crippen molar-refractivity contribution in [2.24, 2.45) is 0 Å². The van der Waals surface area contributed by atoms with Gasteiger partial charge in [0.15, 0.2) is 5.78 Å². The lowest BCUT2D eigenvalue weighted by Gasteiger charge is -2.28. The normalized spacial score (nSPS) is 19.5. The lowest BCUT2D eigenvalue weighted by molar-refractivity contribution is 0.0772. The van der Waals surface area contributed by atoms with Gasteiger partial charge in [-0.3, -0.25) is 9.59 Å². The molecule has 1 N–H and O–H groups in total. The lowest BCUT2D eigenvalue weighted by Crippen LogP contribution is -2.53. The number of ketones is 1. The van der Waals surface area contributed by atoms with Crippen molar-refractivity contribution in [3.8, 4) is 0 Å². The third-order valence-corrected chi connectivity index (χ3v) is 3.02. The highest BCUT2D eigenvalue weighted by molar-refractivity contribution is 7.12. The second-order valence-corrected chi connectivity index (χ2v) is 4.49. The van der Waals surface area contributed by atoms with Crippen LogP contribution in [0.2, 0.25) is 0 Å². The molecule has 1 aliphatic heterocycles. The molecule has 0 saturated heterocycles. The number of hydrogen-bond donors (Lipinski definition) is 1. The molecule has 3 nitrogen and oxygen atoms in total. The van der Waals surface area contributed by atoms with Gasteiger partial charge in [0.05, 0.1) is 16.0 Å². The molecular formula is C9H9NO2S. The molecule has 0 atom stereocenters. The van der Waals surface area contributed by atoms with Crippen LogP contribution in [-0.2, 0) is 0 Å². The predicted octanol–water partition coefficient (Wildman–Crippen LogP) is 1.45. The van der Waals surface area contributed by atoms with E-state index in [0.717, 1.165) is 0 Å². The average Bonchev–Trinajstić information content (AvgIpc) is 2.47. The fourth-order valence-electron chi connectivity index (χ4n) is 1.36. The van der Waals surface area contributed by atoms with Crippen molar-refractivity contribution < 1.29 is 9.59 Å². The van der Waals surface area contributed by atoms with Crippen molar-refractivity contribution in [2.45, 2.75) is 19.4 Å². The molecule has 4 heteroatoms.